The number of methoxy groups -OCH3 is 1. The summed E-state index contributed by atoms with van der Waals surface area (Å²) < 4.78 is 9.97. The molecule has 1 aliphatic heterocycles. The fourth-order valence-electron chi connectivity index (χ4n) is 2.20. The average molecular weight is 298 g/mol. The Labute approximate surface area is 121 Å². The van der Waals surface area contributed by atoms with Crippen molar-refractivity contribution in [3.8, 4) is 0 Å². The Morgan fingerprint density at radius 1 is 1.50 bits per heavy atom. The van der Waals surface area contributed by atoms with Gasteiger partial charge in [-0.25, -0.2) is 4.79 Å². The molecule has 20 heavy (non-hydrogen) atoms. The molecule has 3 N–H and O–H groups in total. The fraction of sp³-hybridized carbons (Fsp3) is 0.538. The molecule has 0 unspecified atom stereocenters. The van der Waals surface area contributed by atoms with Crippen molar-refractivity contribution in [1.82, 2.24) is 0 Å². The Morgan fingerprint density at radius 3 is 2.80 bits per heavy atom. The van der Waals surface area contributed by atoms with Crippen molar-refractivity contribution >= 4 is 28.9 Å². The second-order valence-corrected chi connectivity index (χ2v) is 5.62. The van der Waals surface area contributed by atoms with Crippen LogP contribution in [0, 0.1) is 5.41 Å². The molecule has 6 nitrogen and oxygen atoms in total. The van der Waals surface area contributed by atoms with Crippen LogP contribution in [-0.4, -0.2) is 38.7 Å². The summed E-state index contributed by atoms with van der Waals surface area (Å²) in [5.74, 6) is -0.615. The van der Waals surface area contributed by atoms with Crippen molar-refractivity contribution in [1.29, 1.82) is 0 Å². The summed E-state index contributed by atoms with van der Waals surface area (Å²) in [5, 5.41) is 4.54. The van der Waals surface area contributed by atoms with Gasteiger partial charge in [0, 0.05) is 19.8 Å². The van der Waals surface area contributed by atoms with Crippen molar-refractivity contribution in [3.63, 3.8) is 0 Å². The van der Waals surface area contributed by atoms with Crippen LogP contribution in [0.25, 0.3) is 0 Å². The van der Waals surface area contributed by atoms with Crippen molar-refractivity contribution < 1.29 is 19.1 Å². The van der Waals surface area contributed by atoms with E-state index in [1.54, 1.807) is 11.4 Å². The SMILES string of the molecule is COC(=O)c1sccc1NC(=O)C1(CN)CCOCC1. The molecule has 110 valence electrons. The Balaban J connectivity index is 2.15. The van der Waals surface area contributed by atoms with Gasteiger partial charge in [0.1, 0.15) is 4.88 Å². The summed E-state index contributed by atoms with van der Waals surface area (Å²) in [4.78, 5) is 24.5. The molecule has 1 fully saturated rings. The highest BCUT2D eigenvalue weighted by atomic mass is 32.1. The van der Waals surface area contributed by atoms with Crippen LogP contribution in [0.4, 0.5) is 5.69 Å². The molecule has 0 aromatic carbocycles. The molecular formula is C13H18N2O4S. The molecule has 7 heteroatoms. The summed E-state index contributed by atoms with van der Waals surface area (Å²) in [6.07, 6.45) is 1.18. The normalized spacial score (nSPS) is 17.5. The van der Waals surface area contributed by atoms with E-state index in [4.69, 9.17) is 10.5 Å². The summed E-state index contributed by atoms with van der Waals surface area (Å²) >= 11 is 1.23. The van der Waals surface area contributed by atoms with E-state index < -0.39 is 11.4 Å². The van der Waals surface area contributed by atoms with Gasteiger partial charge < -0.3 is 20.5 Å². The van der Waals surface area contributed by atoms with Gasteiger partial charge in [0.25, 0.3) is 0 Å². The molecule has 1 amide bonds. The van der Waals surface area contributed by atoms with Crippen LogP contribution in [0.2, 0.25) is 0 Å². The van der Waals surface area contributed by atoms with Gasteiger partial charge >= 0.3 is 5.97 Å². The van der Waals surface area contributed by atoms with Crippen molar-refractivity contribution in [3.05, 3.63) is 16.3 Å². The number of ether oxygens (including phenoxy) is 2. The zero-order chi connectivity index (χ0) is 14.6. The molecule has 0 saturated carbocycles. The summed E-state index contributed by atoms with van der Waals surface area (Å²) in [5.41, 5.74) is 5.65. The van der Waals surface area contributed by atoms with Gasteiger partial charge in [-0.3, -0.25) is 4.79 Å². The number of thiophene rings is 1. The number of hydrogen-bond acceptors (Lipinski definition) is 6. The summed E-state index contributed by atoms with van der Waals surface area (Å²) in [6.45, 7) is 1.32. The van der Waals surface area contributed by atoms with Crippen LogP contribution in [0.3, 0.4) is 0 Å². The van der Waals surface area contributed by atoms with E-state index in [0.29, 0.717) is 36.6 Å². The fourth-order valence-corrected chi connectivity index (χ4v) is 2.97. The third-order valence-electron chi connectivity index (χ3n) is 3.61. The molecule has 0 radical (unpaired) electrons. The lowest BCUT2D eigenvalue weighted by Gasteiger charge is -2.34. The Bertz CT molecular complexity index is 494. The van der Waals surface area contributed by atoms with Gasteiger partial charge in [-0.2, -0.15) is 0 Å². The second-order valence-electron chi connectivity index (χ2n) is 4.71. The average Bonchev–Trinajstić information content (AvgIpc) is 2.95. The van der Waals surface area contributed by atoms with E-state index in [1.807, 2.05) is 0 Å². The van der Waals surface area contributed by atoms with Crippen LogP contribution < -0.4 is 11.1 Å². The summed E-state index contributed by atoms with van der Waals surface area (Å²) in [6, 6.07) is 1.69. The molecule has 1 aliphatic rings. The lowest BCUT2D eigenvalue weighted by molar-refractivity contribution is -0.130. The van der Waals surface area contributed by atoms with Crippen LogP contribution >= 0.6 is 11.3 Å². The largest absolute Gasteiger partial charge is 0.465 e. The predicted octanol–water partition coefficient (Wildman–Crippen LogP) is 1.23. The second kappa shape index (κ2) is 6.34. The maximum atomic E-state index is 12.5. The molecule has 1 aromatic rings. The zero-order valence-corrected chi connectivity index (χ0v) is 12.1. The molecule has 1 aromatic heterocycles. The van der Waals surface area contributed by atoms with Crippen LogP contribution in [0.1, 0.15) is 22.5 Å². The standard InChI is InChI=1S/C13H18N2O4S/c1-18-11(16)10-9(2-7-20-10)15-12(17)13(8-14)3-5-19-6-4-13/h2,7H,3-6,8,14H2,1H3,(H,15,17). The topological polar surface area (TPSA) is 90.7 Å². The number of nitrogens with two attached hydrogens (primary N) is 1. The molecular weight excluding hydrogens is 280 g/mol. The van der Waals surface area contributed by atoms with E-state index in [9.17, 15) is 9.59 Å². The minimum atomic E-state index is -0.617. The number of carbonyl (C=O) groups excluding carboxylic acids is 2. The number of anilines is 1. The molecule has 0 atom stereocenters. The first-order chi connectivity index (χ1) is 9.63. The van der Waals surface area contributed by atoms with Crippen LogP contribution in [0.15, 0.2) is 11.4 Å². The predicted molar refractivity (Wildman–Crippen MR) is 75.8 cm³/mol. The lowest BCUT2D eigenvalue weighted by atomic mass is 9.79. The minimum absolute atomic E-state index is 0.160. The van der Waals surface area contributed by atoms with E-state index in [-0.39, 0.29) is 12.5 Å². The van der Waals surface area contributed by atoms with E-state index in [1.165, 1.54) is 18.4 Å². The van der Waals surface area contributed by atoms with Gasteiger partial charge in [-0.1, -0.05) is 0 Å². The van der Waals surface area contributed by atoms with Gasteiger partial charge in [-0.15, -0.1) is 11.3 Å². The Kier molecular flexibility index (Phi) is 4.74. The molecule has 1 saturated heterocycles. The number of hydrogen-bond donors (Lipinski definition) is 2. The van der Waals surface area contributed by atoms with Crippen molar-refractivity contribution in [2.75, 3.05) is 32.2 Å². The van der Waals surface area contributed by atoms with E-state index in [0.717, 1.165) is 0 Å². The zero-order valence-electron chi connectivity index (χ0n) is 11.3. The number of carbonyl (C=O) groups is 2. The third-order valence-corrected chi connectivity index (χ3v) is 4.50. The first-order valence-electron chi connectivity index (χ1n) is 6.38. The molecule has 0 bridgehead atoms. The third kappa shape index (κ3) is 2.84. The monoisotopic (exact) mass is 298 g/mol. The quantitative estimate of drug-likeness (QED) is 0.816. The summed E-state index contributed by atoms with van der Waals surface area (Å²) in [7, 11) is 1.31. The number of rotatable bonds is 4. The highest BCUT2D eigenvalue weighted by Crippen LogP contribution is 2.32. The Hall–Kier alpha value is -1.44. The highest BCUT2D eigenvalue weighted by Gasteiger charge is 2.39. The smallest absolute Gasteiger partial charge is 0.350 e. The Morgan fingerprint density at radius 2 is 2.20 bits per heavy atom. The molecule has 0 aliphatic carbocycles. The lowest BCUT2D eigenvalue weighted by Crippen LogP contribution is -2.46. The first-order valence-corrected chi connectivity index (χ1v) is 7.26. The first kappa shape index (κ1) is 15.0. The molecule has 0 spiro atoms. The van der Waals surface area contributed by atoms with E-state index in [2.05, 4.69) is 10.1 Å². The van der Waals surface area contributed by atoms with Crippen LogP contribution in [0.5, 0.6) is 0 Å². The number of esters is 1. The highest BCUT2D eigenvalue weighted by molar-refractivity contribution is 7.12. The van der Waals surface area contributed by atoms with Crippen molar-refractivity contribution in [2.24, 2.45) is 11.1 Å². The van der Waals surface area contributed by atoms with Gasteiger partial charge in [0.05, 0.1) is 18.2 Å². The van der Waals surface area contributed by atoms with Gasteiger partial charge in [0.15, 0.2) is 0 Å². The van der Waals surface area contributed by atoms with Gasteiger partial charge in [0.2, 0.25) is 5.91 Å². The maximum absolute atomic E-state index is 12.5. The van der Waals surface area contributed by atoms with Crippen LogP contribution in [-0.2, 0) is 14.3 Å². The minimum Gasteiger partial charge on any atom is -0.465 e. The molecule has 2 rings (SSSR count). The van der Waals surface area contributed by atoms with E-state index >= 15 is 0 Å². The van der Waals surface area contributed by atoms with Gasteiger partial charge in [-0.05, 0) is 24.3 Å². The number of amides is 1. The van der Waals surface area contributed by atoms with Crippen molar-refractivity contribution in [2.45, 2.75) is 12.8 Å². The number of nitrogens with one attached hydrogen (secondary N) is 1. The molecule has 2 heterocycles. The maximum Gasteiger partial charge on any atom is 0.350 e.